The first-order valence-electron chi connectivity index (χ1n) is 11.0. The van der Waals surface area contributed by atoms with Gasteiger partial charge in [-0.25, -0.2) is 9.37 Å². The summed E-state index contributed by atoms with van der Waals surface area (Å²) < 4.78 is 56.9. The normalized spacial score (nSPS) is 11.6. The van der Waals surface area contributed by atoms with Gasteiger partial charge in [0.1, 0.15) is 11.6 Å². The molecular weight excluding hydrogens is 470 g/mol. The third-order valence-corrected chi connectivity index (χ3v) is 5.84. The molecule has 0 fully saturated rings. The number of carbonyl (C=O) groups excluding carboxylic acids is 1. The number of benzene rings is 3. The molecule has 0 aliphatic heterocycles. The molecule has 0 spiro atoms. The summed E-state index contributed by atoms with van der Waals surface area (Å²) in [7, 11) is 0. The quantitative estimate of drug-likeness (QED) is 0.268. The number of fused-ring (bicyclic) bond motifs is 1. The largest absolute Gasteiger partial charge is 0.417 e. The number of pyridine rings is 1. The van der Waals surface area contributed by atoms with Crippen LogP contribution in [0.2, 0.25) is 0 Å². The van der Waals surface area contributed by atoms with Crippen LogP contribution in [0.25, 0.3) is 28.0 Å². The standard InChI is InChI=1S/C28H19F4N3O/c1-17-7-10-21(11-8-17)34-27(36)23-15-18(9-12-24(23)28(30,31)32)22-6-3-13-35-25(22)16-33-26(35)19-4-2-5-20(29)14-19/h2-16H,1H3,(H,34,36). The third kappa shape index (κ3) is 4.45. The number of hydrogen-bond donors (Lipinski definition) is 1. The summed E-state index contributed by atoms with van der Waals surface area (Å²) in [5, 5.41) is 2.55. The lowest BCUT2D eigenvalue weighted by atomic mass is 9.98. The zero-order chi connectivity index (χ0) is 25.4. The molecule has 0 saturated carbocycles. The fourth-order valence-electron chi connectivity index (χ4n) is 4.09. The number of hydrogen-bond acceptors (Lipinski definition) is 2. The predicted octanol–water partition coefficient (Wildman–Crippen LogP) is 7.39. The molecule has 0 radical (unpaired) electrons. The lowest BCUT2D eigenvalue weighted by Gasteiger charge is -2.15. The zero-order valence-corrected chi connectivity index (χ0v) is 19.0. The van der Waals surface area contributed by atoms with E-state index < -0.39 is 29.0 Å². The first kappa shape index (κ1) is 23.3. The number of amides is 1. The summed E-state index contributed by atoms with van der Waals surface area (Å²) >= 11 is 0. The molecule has 0 aliphatic carbocycles. The number of carbonyl (C=O) groups is 1. The highest BCUT2D eigenvalue weighted by molar-refractivity contribution is 6.06. The van der Waals surface area contributed by atoms with Gasteiger partial charge in [-0.3, -0.25) is 9.20 Å². The third-order valence-electron chi connectivity index (χ3n) is 5.84. The van der Waals surface area contributed by atoms with Gasteiger partial charge in [0.05, 0.1) is 22.8 Å². The van der Waals surface area contributed by atoms with Crippen molar-refractivity contribution in [2.24, 2.45) is 0 Å². The minimum absolute atomic E-state index is 0.391. The molecule has 1 N–H and O–H groups in total. The second kappa shape index (κ2) is 8.96. The highest BCUT2D eigenvalue weighted by Crippen LogP contribution is 2.36. The molecule has 3 aromatic carbocycles. The van der Waals surface area contributed by atoms with Crippen LogP contribution in [-0.4, -0.2) is 15.3 Å². The summed E-state index contributed by atoms with van der Waals surface area (Å²) in [6.45, 7) is 1.87. The Balaban J connectivity index is 1.60. The summed E-state index contributed by atoms with van der Waals surface area (Å²) in [5.74, 6) is -0.795. The molecular formula is C28H19F4N3O. The van der Waals surface area contributed by atoms with E-state index in [1.54, 1.807) is 65.3 Å². The molecule has 5 aromatic rings. The maximum Gasteiger partial charge on any atom is 0.417 e. The smallest absolute Gasteiger partial charge is 0.322 e. The molecule has 0 saturated heterocycles. The Kier molecular flexibility index (Phi) is 5.80. The van der Waals surface area contributed by atoms with Crippen molar-refractivity contribution in [2.45, 2.75) is 13.1 Å². The minimum Gasteiger partial charge on any atom is -0.322 e. The number of halogens is 4. The highest BCUT2D eigenvalue weighted by Gasteiger charge is 2.35. The average molecular weight is 489 g/mol. The molecule has 0 atom stereocenters. The van der Waals surface area contributed by atoms with Gasteiger partial charge in [-0.2, -0.15) is 13.2 Å². The van der Waals surface area contributed by atoms with Crippen LogP contribution >= 0.6 is 0 Å². The van der Waals surface area contributed by atoms with Crippen molar-refractivity contribution < 1.29 is 22.4 Å². The lowest BCUT2D eigenvalue weighted by Crippen LogP contribution is -2.19. The summed E-state index contributed by atoms with van der Waals surface area (Å²) in [6, 6.07) is 19.7. The molecule has 0 bridgehead atoms. The SMILES string of the molecule is Cc1ccc(NC(=O)c2cc(-c3cccn4c(-c5cccc(F)c5)ncc34)ccc2C(F)(F)F)cc1. The average Bonchev–Trinajstić information content (AvgIpc) is 3.29. The van der Waals surface area contributed by atoms with Crippen molar-refractivity contribution in [3.8, 4) is 22.5 Å². The number of nitrogens with one attached hydrogen (secondary N) is 1. The second-order valence-electron chi connectivity index (χ2n) is 8.35. The molecule has 36 heavy (non-hydrogen) atoms. The van der Waals surface area contributed by atoms with Gasteiger partial charge < -0.3 is 5.32 Å². The highest BCUT2D eigenvalue weighted by atomic mass is 19.4. The predicted molar refractivity (Wildman–Crippen MR) is 130 cm³/mol. The van der Waals surface area contributed by atoms with Crippen molar-refractivity contribution in [2.75, 3.05) is 5.32 Å². The van der Waals surface area contributed by atoms with E-state index in [0.29, 0.717) is 33.7 Å². The van der Waals surface area contributed by atoms with E-state index in [9.17, 15) is 22.4 Å². The lowest BCUT2D eigenvalue weighted by molar-refractivity contribution is -0.137. The molecule has 1 amide bonds. The van der Waals surface area contributed by atoms with E-state index in [4.69, 9.17) is 0 Å². The Bertz CT molecular complexity index is 1590. The molecule has 2 heterocycles. The number of rotatable bonds is 4. The Morgan fingerprint density at radius 1 is 0.917 bits per heavy atom. The summed E-state index contributed by atoms with van der Waals surface area (Å²) in [4.78, 5) is 17.4. The molecule has 180 valence electrons. The maximum absolute atomic E-state index is 13.8. The first-order valence-corrected chi connectivity index (χ1v) is 11.0. The van der Waals surface area contributed by atoms with Gasteiger partial charge in [0.15, 0.2) is 0 Å². The van der Waals surface area contributed by atoms with Crippen LogP contribution in [0.3, 0.4) is 0 Å². The van der Waals surface area contributed by atoms with Crippen LogP contribution in [0.4, 0.5) is 23.2 Å². The Morgan fingerprint density at radius 2 is 1.69 bits per heavy atom. The molecule has 8 heteroatoms. The van der Waals surface area contributed by atoms with Crippen molar-refractivity contribution in [3.63, 3.8) is 0 Å². The van der Waals surface area contributed by atoms with E-state index in [-0.39, 0.29) is 0 Å². The van der Waals surface area contributed by atoms with Crippen LogP contribution in [0.15, 0.2) is 91.3 Å². The van der Waals surface area contributed by atoms with Gasteiger partial charge in [0.2, 0.25) is 0 Å². The minimum atomic E-state index is -4.72. The van der Waals surface area contributed by atoms with E-state index in [1.807, 2.05) is 6.92 Å². The van der Waals surface area contributed by atoms with E-state index in [0.717, 1.165) is 11.6 Å². The van der Waals surface area contributed by atoms with E-state index in [1.165, 1.54) is 24.3 Å². The van der Waals surface area contributed by atoms with Crippen molar-refractivity contribution in [1.82, 2.24) is 9.38 Å². The van der Waals surface area contributed by atoms with Crippen LogP contribution < -0.4 is 5.32 Å². The van der Waals surface area contributed by atoms with Gasteiger partial charge in [0.25, 0.3) is 5.91 Å². The Morgan fingerprint density at radius 3 is 2.42 bits per heavy atom. The zero-order valence-electron chi connectivity index (χ0n) is 19.0. The van der Waals surface area contributed by atoms with Crippen LogP contribution in [0.1, 0.15) is 21.5 Å². The van der Waals surface area contributed by atoms with Crippen molar-refractivity contribution in [1.29, 1.82) is 0 Å². The molecule has 0 aliphatic rings. The van der Waals surface area contributed by atoms with Gasteiger partial charge in [-0.1, -0.05) is 42.0 Å². The summed E-state index contributed by atoms with van der Waals surface area (Å²) in [5.41, 5.74) is 1.96. The number of nitrogens with zero attached hydrogens (tertiary/aromatic N) is 2. The molecule has 0 unspecified atom stereocenters. The molecule has 5 rings (SSSR count). The number of anilines is 1. The van der Waals surface area contributed by atoms with Crippen molar-refractivity contribution >= 4 is 17.1 Å². The first-order chi connectivity index (χ1) is 17.2. The van der Waals surface area contributed by atoms with Crippen molar-refractivity contribution in [3.05, 3.63) is 114 Å². The summed E-state index contributed by atoms with van der Waals surface area (Å²) in [6.07, 6.45) is -1.41. The van der Waals surface area contributed by atoms with E-state index in [2.05, 4.69) is 10.3 Å². The molecule has 4 nitrogen and oxygen atoms in total. The monoisotopic (exact) mass is 489 g/mol. The number of aromatic nitrogens is 2. The van der Waals surface area contributed by atoms with E-state index >= 15 is 0 Å². The Labute approximate surface area is 203 Å². The fraction of sp³-hybridized carbons (Fsp3) is 0.0714. The second-order valence-corrected chi connectivity index (χ2v) is 8.35. The van der Waals surface area contributed by atoms with Crippen LogP contribution in [0, 0.1) is 12.7 Å². The van der Waals surface area contributed by atoms with Gasteiger partial charge in [-0.05, 0) is 55.0 Å². The van der Waals surface area contributed by atoms with Crippen LogP contribution in [0.5, 0.6) is 0 Å². The fourth-order valence-corrected chi connectivity index (χ4v) is 4.09. The van der Waals surface area contributed by atoms with Gasteiger partial charge in [-0.15, -0.1) is 0 Å². The Hall–Kier alpha value is -4.46. The molecule has 2 aromatic heterocycles. The number of aryl methyl sites for hydroxylation is 1. The van der Waals surface area contributed by atoms with Gasteiger partial charge >= 0.3 is 6.18 Å². The van der Waals surface area contributed by atoms with Crippen LogP contribution in [-0.2, 0) is 6.18 Å². The number of imidazole rings is 1. The maximum atomic E-state index is 13.8. The number of alkyl halides is 3. The topological polar surface area (TPSA) is 46.4 Å². The van der Waals surface area contributed by atoms with Gasteiger partial charge in [0, 0.05) is 23.0 Å².